The molecular weight excluding hydrogens is 376 g/mol. The van der Waals surface area contributed by atoms with Gasteiger partial charge in [-0.05, 0) is 88.6 Å². The van der Waals surface area contributed by atoms with Gasteiger partial charge in [0.05, 0.1) is 19.8 Å². The number of nitrogens with zero attached hydrogens (tertiary/aromatic N) is 2. The number of aliphatic hydroxyl groups is 1. The van der Waals surface area contributed by atoms with E-state index in [9.17, 15) is 5.11 Å². The number of hydrogen-bond acceptors (Lipinski definition) is 4. The van der Waals surface area contributed by atoms with Gasteiger partial charge in [-0.15, -0.1) is 0 Å². The van der Waals surface area contributed by atoms with E-state index in [1.54, 1.807) is 0 Å². The van der Waals surface area contributed by atoms with Gasteiger partial charge in [-0.2, -0.15) is 0 Å². The van der Waals surface area contributed by atoms with Crippen molar-refractivity contribution in [2.75, 3.05) is 24.7 Å². The van der Waals surface area contributed by atoms with E-state index in [-0.39, 0.29) is 6.04 Å². The minimum Gasteiger partial charge on any atom is -0.494 e. The van der Waals surface area contributed by atoms with Crippen molar-refractivity contribution in [2.24, 2.45) is 0 Å². The van der Waals surface area contributed by atoms with Gasteiger partial charge in [0, 0.05) is 12.0 Å². The molecule has 0 spiro atoms. The van der Waals surface area contributed by atoms with Crippen molar-refractivity contribution in [2.45, 2.75) is 58.2 Å². The first-order chi connectivity index (χ1) is 14.6. The van der Waals surface area contributed by atoms with Crippen LogP contribution in [0.5, 0.6) is 11.5 Å². The maximum Gasteiger partial charge on any atom is 0.273 e. The first-order valence-electron chi connectivity index (χ1n) is 11.2. The molecule has 0 amide bonds. The number of ether oxygens (including phenoxy) is 2. The van der Waals surface area contributed by atoms with Crippen LogP contribution in [-0.2, 0) is 5.72 Å². The quantitative estimate of drug-likeness (QED) is 0.713. The number of amidine groups is 1. The average molecular weight is 410 g/mol. The van der Waals surface area contributed by atoms with Crippen molar-refractivity contribution in [3.8, 4) is 11.5 Å². The summed E-state index contributed by atoms with van der Waals surface area (Å²) in [5.41, 5.74) is 0.921. The van der Waals surface area contributed by atoms with E-state index in [1.807, 2.05) is 50.2 Å². The van der Waals surface area contributed by atoms with E-state index in [0.717, 1.165) is 48.6 Å². The Bertz CT molecular complexity index is 892. The van der Waals surface area contributed by atoms with Crippen LogP contribution in [0.3, 0.4) is 0 Å². The number of benzene rings is 2. The third kappa shape index (κ3) is 3.56. The lowest BCUT2D eigenvalue weighted by atomic mass is 9.94. The van der Waals surface area contributed by atoms with Crippen molar-refractivity contribution in [3.05, 3.63) is 54.1 Å². The molecule has 5 nitrogen and oxygen atoms in total. The van der Waals surface area contributed by atoms with Gasteiger partial charge in [0.15, 0.2) is 6.04 Å². The van der Waals surface area contributed by atoms with Crippen LogP contribution in [0.4, 0.5) is 5.69 Å². The van der Waals surface area contributed by atoms with E-state index in [1.165, 1.54) is 12.3 Å². The maximum absolute atomic E-state index is 12.1. The second-order valence-corrected chi connectivity index (χ2v) is 8.03. The highest BCUT2D eigenvalue weighted by molar-refractivity contribution is 5.96. The van der Waals surface area contributed by atoms with Gasteiger partial charge in [0.25, 0.3) is 11.6 Å². The van der Waals surface area contributed by atoms with Crippen molar-refractivity contribution < 1.29 is 19.2 Å². The molecule has 0 saturated carbocycles. The number of rotatable bonds is 6. The van der Waals surface area contributed by atoms with Crippen LogP contribution < -0.4 is 14.4 Å². The monoisotopic (exact) mass is 409 g/mol. The molecule has 160 valence electrons. The van der Waals surface area contributed by atoms with Crippen LogP contribution in [0.2, 0.25) is 0 Å². The smallest absolute Gasteiger partial charge is 0.273 e. The average Bonchev–Trinajstić information content (AvgIpc) is 2.91. The van der Waals surface area contributed by atoms with Gasteiger partial charge in [0.2, 0.25) is 0 Å². The molecule has 0 aliphatic carbocycles. The fraction of sp³-hybridized carbons (Fsp3) is 0.480. The van der Waals surface area contributed by atoms with Crippen LogP contribution >= 0.6 is 0 Å². The van der Waals surface area contributed by atoms with Crippen molar-refractivity contribution in [1.82, 2.24) is 0 Å². The molecule has 0 bridgehead atoms. The second kappa shape index (κ2) is 8.68. The van der Waals surface area contributed by atoms with Gasteiger partial charge in [0.1, 0.15) is 17.2 Å². The van der Waals surface area contributed by atoms with Crippen LogP contribution in [0, 0.1) is 0 Å². The molecule has 2 heterocycles. The standard InChI is InChI=1S/C25H33N2O3/c1-4-29-22-14-10-20(11-15-22)25(28)19(3)27(24-9-7-6-8-18-26(24)25)21-12-16-23(17-13-21)30-5-2/h10-17,19,28H,4-9,18H2,1-3H3/q+1. The summed E-state index contributed by atoms with van der Waals surface area (Å²) in [5.74, 6) is 2.91. The zero-order chi connectivity index (χ0) is 21.1. The Morgan fingerprint density at radius 1 is 0.933 bits per heavy atom. The highest BCUT2D eigenvalue weighted by atomic mass is 16.5. The molecule has 0 saturated heterocycles. The summed E-state index contributed by atoms with van der Waals surface area (Å²) in [5, 5.41) is 12.1. The largest absolute Gasteiger partial charge is 0.494 e. The zero-order valence-corrected chi connectivity index (χ0v) is 18.3. The molecule has 2 aliphatic rings. The van der Waals surface area contributed by atoms with Gasteiger partial charge >= 0.3 is 0 Å². The molecule has 5 heteroatoms. The van der Waals surface area contributed by atoms with Crippen molar-refractivity contribution in [1.29, 1.82) is 0 Å². The van der Waals surface area contributed by atoms with E-state index in [0.29, 0.717) is 13.2 Å². The molecule has 0 aromatic heterocycles. The number of hydrogen-bond donors (Lipinski definition) is 1. The lowest BCUT2D eigenvalue weighted by Crippen LogP contribution is -2.47. The topological polar surface area (TPSA) is 44.9 Å². The molecule has 2 aromatic rings. The van der Waals surface area contributed by atoms with E-state index < -0.39 is 5.72 Å². The minimum atomic E-state index is -1.08. The predicted molar refractivity (Wildman–Crippen MR) is 120 cm³/mol. The summed E-state index contributed by atoms with van der Waals surface area (Å²) in [4.78, 5) is 2.32. The Morgan fingerprint density at radius 2 is 1.53 bits per heavy atom. The summed E-state index contributed by atoms with van der Waals surface area (Å²) in [6.07, 6.45) is 4.39. The molecule has 30 heavy (non-hydrogen) atoms. The summed E-state index contributed by atoms with van der Waals surface area (Å²) in [6.45, 7) is 8.24. The molecule has 4 rings (SSSR count). The van der Waals surface area contributed by atoms with Gasteiger partial charge < -0.3 is 14.6 Å². The predicted octanol–water partition coefficient (Wildman–Crippen LogP) is 4.52. The molecule has 2 aliphatic heterocycles. The summed E-state index contributed by atoms with van der Waals surface area (Å²) in [6, 6.07) is 16.0. The lowest BCUT2D eigenvalue weighted by Gasteiger charge is -2.29. The van der Waals surface area contributed by atoms with E-state index >= 15 is 0 Å². The van der Waals surface area contributed by atoms with Crippen LogP contribution in [0.15, 0.2) is 48.5 Å². The highest BCUT2D eigenvalue weighted by Gasteiger charge is 2.58. The van der Waals surface area contributed by atoms with Crippen LogP contribution in [0.1, 0.15) is 52.0 Å². The van der Waals surface area contributed by atoms with Gasteiger partial charge in [-0.25, -0.2) is 9.48 Å². The first kappa shape index (κ1) is 20.7. The molecule has 2 aromatic carbocycles. The molecule has 2 unspecified atom stereocenters. The Kier molecular flexibility index (Phi) is 6.00. The Labute approximate surface area is 179 Å². The first-order valence-corrected chi connectivity index (χ1v) is 11.2. The Morgan fingerprint density at radius 3 is 2.13 bits per heavy atom. The fourth-order valence-electron chi connectivity index (χ4n) is 4.84. The third-order valence-corrected chi connectivity index (χ3v) is 6.27. The maximum atomic E-state index is 12.1. The van der Waals surface area contributed by atoms with Crippen LogP contribution in [0.25, 0.3) is 0 Å². The fourth-order valence-corrected chi connectivity index (χ4v) is 4.84. The second-order valence-electron chi connectivity index (χ2n) is 8.03. The van der Waals surface area contributed by atoms with Crippen molar-refractivity contribution in [3.63, 3.8) is 0 Å². The molecular formula is C25H33N2O3+. The summed E-state index contributed by atoms with van der Waals surface area (Å²) < 4.78 is 13.5. The Hall–Kier alpha value is -2.53. The van der Waals surface area contributed by atoms with Gasteiger partial charge in [-0.1, -0.05) is 0 Å². The Balaban J connectivity index is 1.75. The summed E-state index contributed by atoms with van der Waals surface area (Å²) in [7, 11) is 0. The molecule has 0 radical (unpaired) electrons. The molecule has 1 N–H and O–H groups in total. The minimum absolute atomic E-state index is 0.124. The SMILES string of the molecule is CCOc1ccc(N2C3=[N+](CCCCC3)C(O)(c3ccc(OCC)cc3)C2C)cc1. The third-order valence-electron chi connectivity index (χ3n) is 6.27. The summed E-state index contributed by atoms with van der Waals surface area (Å²) >= 11 is 0. The van der Waals surface area contributed by atoms with E-state index in [2.05, 4.69) is 28.5 Å². The zero-order valence-electron chi connectivity index (χ0n) is 18.3. The highest BCUT2D eigenvalue weighted by Crippen LogP contribution is 2.40. The molecule has 0 fully saturated rings. The lowest BCUT2D eigenvalue weighted by molar-refractivity contribution is -0.663. The number of anilines is 1. The normalized spacial score (nSPS) is 23.9. The van der Waals surface area contributed by atoms with E-state index in [4.69, 9.17) is 9.47 Å². The van der Waals surface area contributed by atoms with Crippen molar-refractivity contribution >= 4 is 11.5 Å². The van der Waals surface area contributed by atoms with Crippen LogP contribution in [-0.4, -0.2) is 41.3 Å². The molecule has 2 atom stereocenters. The van der Waals surface area contributed by atoms with Gasteiger partial charge in [-0.3, -0.25) is 0 Å².